The number of hydrogen-bond acceptors (Lipinski definition) is 7. The van der Waals surface area contributed by atoms with E-state index in [0.717, 1.165) is 5.56 Å². The number of benzene rings is 1. The number of halogens is 1. The minimum atomic E-state index is -0.286. The fourth-order valence-electron chi connectivity index (χ4n) is 1.93. The minimum Gasteiger partial charge on any atom is -0.484 e. The molecule has 3 rings (SSSR count). The van der Waals surface area contributed by atoms with E-state index in [1.54, 1.807) is 36.4 Å². The van der Waals surface area contributed by atoms with Crippen LogP contribution in [-0.2, 0) is 22.6 Å². The molecule has 0 aliphatic carbocycles. The summed E-state index contributed by atoms with van der Waals surface area (Å²) in [6.07, 6.45) is 0.225. The van der Waals surface area contributed by atoms with Crippen LogP contribution in [0, 0.1) is 0 Å². The van der Waals surface area contributed by atoms with Crippen LogP contribution in [0.1, 0.15) is 11.5 Å². The van der Waals surface area contributed by atoms with Gasteiger partial charge >= 0.3 is 5.97 Å². The molecule has 1 aromatic carbocycles. The Hall–Kier alpha value is -2.61. The van der Waals surface area contributed by atoms with Gasteiger partial charge in [0, 0.05) is 0 Å². The van der Waals surface area contributed by atoms with Gasteiger partial charge in [-0.3, -0.25) is 4.79 Å². The molecule has 7 nitrogen and oxygen atoms in total. The Morgan fingerprint density at radius 1 is 1.12 bits per heavy atom. The van der Waals surface area contributed by atoms with Gasteiger partial charge in [-0.1, -0.05) is 12.1 Å². The molecule has 0 fully saturated rings. The summed E-state index contributed by atoms with van der Waals surface area (Å²) >= 11 is 3.21. The highest BCUT2D eigenvalue weighted by molar-refractivity contribution is 9.10. The summed E-state index contributed by atoms with van der Waals surface area (Å²) < 4.78 is 21.6. The van der Waals surface area contributed by atoms with Crippen molar-refractivity contribution in [3.63, 3.8) is 0 Å². The van der Waals surface area contributed by atoms with Crippen LogP contribution in [0.5, 0.6) is 5.75 Å². The maximum absolute atomic E-state index is 11.2. The Bertz CT molecular complexity index is 825. The van der Waals surface area contributed by atoms with Gasteiger partial charge in [0.15, 0.2) is 17.0 Å². The Morgan fingerprint density at radius 3 is 2.58 bits per heavy atom. The van der Waals surface area contributed by atoms with E-state index in [1.807, 2.05) is 0 Å². The van der Waals surface area contributed by atoms with Crippen molar-refractivity contribution in [1.82, 2.24) is 10.2 Å². The zero-order chi connectivity index (χ0) is 16.9. The lowest BCUT2D eigenvalue weighted by atomic mass is 10.1. The predicted molar refractivity (Wildman–Crippen MR) is 86.2 cm³/mol. The number of furan rings is 1. The molecule has 2 heterocycles. The van der Waals surface area contributed by atoms with Gasteiger partial charge in [-0.15, -0.1) is 10.2 Å². The highest BCUT2D eigenvalue weighted by atomic mass is 79.9. The second kappa shape index (κ2) is 7.31. The first kappa shape index (κ1) is 16.3. The Balaban J connectivity index is 1.58. The number of hydrogen-bond donors (Lipinski definition) is 0. The number of esters is 1. The van der Waals surface area contributed by atoms with Gasteiger partial charge in [-0.2, -0.15) is 0 Å². The van der Waals surface area contributed by atoms with E-state index in [-0.39, 0.29) is 24.9 Å². The highest BCUT2D eigenvalue weighted by Crippen LogP contribution is 2.24. The molecule has 124 valence electrons. The van der Waals surface area contributed by atoms with Crippen LogP contribution in [0.4, 0.5) is 0 Å². The number of methoxy groups -OCH3 is 1. The molecule has 0 saturated heterocycles. The SMILES string of the molecule is COC(=O)Cc1ccc(OCc2nnc(-c3ccc(Br)o3)o2)cc1. The van der Waals surface area contributed by atoms with Crippen molar-refractivity contribution in [1.29, 1.82) is 0 Å². The van der Waals surface area contributed by atoms with Crippen LogP contribution >= 0.6 is 15.9 Å². The number of aromatic nitrogens is 2. The molecule has 0 aliphatic heterocycles. The van der Waals surface area contributed by atoms with Gasteiger partial charge in [0.2, 0.25) is 0 Å². The van der Waals surface area contributed by atoms with Crippen LogP contribution < -0.4 is 4.74 Å². The monoisotopic (exact) mass is 392 g/mol. The van der Waals surface area contributed by atoms with Crippen molar-refractivity contribution in [2.45, 2.75) is 13.0 Å². The first-order valence-corrected chi connectivity index (χ1v) is 7.80. The third kappa shape index (κ3) is 4.02. The lowest BCUT2D eigenvalue weighted by molar-refractivity contribution is -0.139. The molecule has 0 aliphatic rings. The van der Waals surface area contributed by atoms with Gasteiger partial charge in [0.1, 0.15) is 5.75 Å². The van der Waals surface area contributed by atoms with Crippen LogP contribution in [0.2, 0.25) is 0 Å². The topological polar surface area (TPSA) is 87.6 Å². The molecule has 0 bridgehead atoms. The molecule has 0 N–H and O–H groups in total. The van der Waals surface area contributed by atoms with E-state index < -0.39 is 0 Å². The first-order valence-electron chi connectivity index (χ1n) is 7.00. The van der Waals surface area contributed by atoms with Crippen LogP contribution in [0.25, 0.3) is 11.7 Å². The summed E-state index contributed by atoms with van der Waals surface area (Å²) in [6, 6.07) is 10.6. The Morgan fingerprint density at radius 2 is 1.92 bits per heavy atom. The average Bonchev–Trinajstić information content (AvgIpc) is 3.23. The van der Waals surface area contributed by atoms with E-state index in [2.05, 4.69) is 30.9 Å². The van der Waals surface area contributed by atoms with Crippen molar-refractivity contribution >= 4 is 21.9 Å². The number of carbonyl (C=O) groups is 1. The molecule has 3 aromatic rings. The summed E-state index contributed by atoms with van der Waals surface area (Å²) in [5.41, 5.74) is 0.845. The summed E-state index contributed by atoms with van der Waals surface area (Å²) in [4.78, 5) is 11.2. The van der Waals surface area contributed by atoms with E-state index in [1.165, 1.54) is 7.11 Å². The number of carbonyl (C=O) groups excluding carboxylic acids is 1. The van der Waals surface area contributed by atoms with Crippen LogP contribution in [-0.4, -0.2) is 23.3 Å². The van der Waals surface area contributed by atoms with Gasteiger partial charge in [-0.25, -0.2) is 0 Å². The van der Waals surface area contributed by atoms with E-state index in [4.69, 9.17) is 13.6 Å². The largest absolute Gasteiger partial charge is 0.484 e. The Labute approximate surface area is 145 Å². The van der Waals surface area contributed by atoms with Crippen molar-refractivity contribution in [2.75, 3.05) is 7.11 Å². The Kier molecular flexibility index (Phi) is 4.95. The van der Waals surface area contributed by atoms with Crippen molar-refractivity contribution in [3.8, 4) is 17.4 Å². The quantitative estimate of drug-likeness (QED) is 0.594. The molecule has 0 atom stereocenters. The molecular formula is C16H13BrN2O5. The zero-order valence-corrected chi connectivity index (χ0v) is 14.3. The maximum Gasteiger partial charge on any atom is 0.309 e. The highest BCUT2D eigenvalue weighted by Gasteiger charge is 2.12. The zero-order valence-electron chi connectivity index (χ0n) is 12.7. The fraction of sp³-hybridized carbons (Fsp3) is 0.188. The summed E-state index contributed by atoms with van der Waals surface area (Å²) in [5.74, 6) is 1.44. The fourth-order valence-corrected chi connectivity index (χ4v) is 2.23. The van der Waals surface area contributed by atoms with Crippen molar-refractivity contribution < 1.29 is 23.1 Å². The molecular weight excluding hydrogens is 380 g/mol. The minimum absolute atomic E-state index is 0.130. The number of ether oxygens (including phenoxy) is 2. The predicted octanol–water partition coefficient (Wildman–Crippen LogP) is 3.39. The van der Waals surface area contributed by atoms with Crippen LogP contribution in [0.15, 0.2) is 49.9 Å². The average molecular weight is 393 g/mol. The molecule has 24 heavy (non-hydrogen) atoms. The smallest absolute Gasteiger partial charge is 0.309 e. The van der Waals surface area contributed by atoms with Gasteiger partial charge in [0.05, 0.1) is 13.5 Å². The summed E-state index contributed by atoms with van der Waals surface area (Å²) in [5, 5.41) is 7.81. The van der Waals surface area contributed by atoms with Gasteiger partial charge in [-0.05, 0) is 45.8 Å². The van der Waals surface area contributed by atoms with E-state index in [9.17, 15) is 4.79 Å². The third-order valence-electron chi connectivity index (χ3n) is 3.11. The lowest BCUT2D eigenvalue weighted by Crippen LogP contribution is -2.04. The normalized spacial score (nSPS) is 10.6. The summed E-state index contributed by atoms with van der Waals surface area (Å²) in [6.45, 7) is 0.130. The second-order valence-electron chi connectivity index (χ2n) is 4.79. The third-order valence-corrected chi connectivity index (χ3v) is 3.54. The molecule has 8 heteroatoms. The molecule has 2 aromatic heterocycles. The first-order chi connectivity index (χ1) is 11.6. The van der Waals surface area contributed by atoms with Crippen LogP contribution in [0.3, 0.4) is 0 Å². The van der Waals surface area contributed by atoms with E-state index >= 15 is 0 Å². The molecule has 0 radical (unpaired) electrons. The van der Waals surface area contributed by atoms with Crippen molar-refractivity contribution in [3.05, 3.63) is 52.5 Å². The summed E-state index contributed by atoms with van der Waals surface area (Å²) in [7, 11) is 1.36. The number of nitrogens with zero attached hydrogens (tertiary/aromatic N) is 2. The molecule has 0 amide bonds. The standard InChI is InChI=1S/C16H13BrN2O5/c1-21-15(20)8-10-2-4-11(5-3-10)22-9-14-18-19-16(24-14)12-6-7-13(17)23-12/h2-7H,8-9H2,1H3. The van der Waals surface area contributed by atoms with Crippen molar-refractivity contribution in [2.24, 2.45) is 0 Å². The molecule has 0 spiro atoms. The molecule has 0 saturated carbocycles. The van der Waals surface area contributed by atoms with Gasteiger partial charge in [0.25, 0.3) is 11.8 Å². The lowest BCUT2D eigenvalue weighted by Gasteiger charge is -2.04. The van der Waals surface area contributed by atoms with E-state index in [0.29, 0.717) is 22.1 Å². The molecule has 0 unspecified atom stereocenters. The number of rotatable bonds is 6. The van der Waals surface area contributed by atoms with Gasteiger partial charge < -0.3 is 18.3 Å². The second-order valence-corrected chi connectivity index (χ2v) is 5.57. The maximum atomic E-state index is 11.2.